The Morgan fingerprint density at radius 3 is 2.59 bits per heavy atom. The lowest BCUT2D eigenvalue weighted by Crippen LogP contribution is -2.56. The Labute approximate surface area is 240 Å². The molecule has 0 radical (unpaired) electrons. The molecule has 11 heteroatoms. The predicted octanol–water partition coefficient (Wildman–Crippen LogP) is 2.79. The number of carbonyl (C=O) groups is 4. The maximum atomic E-state index is 14.1. The average molecular weight is 567 g/mol. The third-order valence-electron chi connectivity index (χ3n) is 8.21. The Morgan fingerprint density at radius 1 is 1.22 bits per heavy atom. The van der Waals surface area contributed by atoms with E-state index in [1.807, 2.05) is 18.2 Å². The van der Waals surface area contributed by atoms with Gasteiger partial charge in [-0.1, -0.05) is 59.2 Å². The first-order valence-electron chi connectivity index (χ1n) is 14.5. The number of rotatable bonds is 11. The summed E-state index contributed by atoms with van der Waals surface area (Å²) in [4.78, 5) is 54.5. The molecule has 1 aromatic heterocycles. The number of anilines is 1. The van der Waals surface area contributed by atoms with Crippen molar-refractivity contribution in [2.24, 2.45) is 17.3 Å². The first-order chi connectivity index (χ1) is 19.4. The number of hydrogen-bond donors (Lipinski definition) is 4. The summed E-state index contributed by atoms with van der Waals surface area (Å²) < 4.78 is 0. The number of carboxylic acid groups (broad SMARTS) is 1. The number of carbonyl (C=O) groups excluding carboxylic acids is 3. The van der Waals surface area contributed by atoms with Crippen LogP contribution < -0.4 is 15.5 Å². The van der Waals surface area contributed by atoms with E-state index in [4.69, 9.17) is 0 Å². The number of benzene rings is 1. The van der Waals surface area contributed by atoms with E-state index in [1.54, 1.807) is 0 Å². The van der Waals surface area contributed by atoms with Crippen LogP contribution in [0.2, 0.25) is 0 Å². The number of para-hydroxylation sites is 1. The topological polar surface area (TPSA) is 157 Å². The molecule has 0 saturated carbocycles. The van der Waals surface area contributed by atoms with E-state index in [9.17, 15) is 24.3 Å². The van der Waals surface area contributed by atoms with Crippen LogP contribution >= 0.6 is 0 Å². The molecule has 222 valence electrons. The Morgan fingerprint density at radius 2 is 1.95 bits per heavy atom. The summed E-state index contributed by atoms with van der Waals surface area (Å²) in [5.74, 6) is -2.02. The maximum Gasteiger partial charge on any atom is 0.305 e. The smallest absolute Gasteiger partial charge is 0.305 e. The fourth-order valence-electron chi connectivity index (χ4n) is 6.01. The third kappa shape index (κ3) is 7.12. The third-order valence-corrected chi connectivity index (χ3v) is 8.21. The van der Waals surface area contributed by atoms with E-state index in [-0.39, 0.29) is 41.9 Å². The van der Waals surface area contributed by atoms with Gasteiger partial charge in [-0.2, -0.15) is 15.4 Å². The van der Waals surface area contributed by atoms with Crippen molar-refractivity contribution in [1.82, 2.24) is 26.0 Å². The normalized spacial score (nSPS) is 20.5. The van der Waals surface area contributed by atoms with Gasteiger partial charge in [0.25, 0.3) is 0 Å². The number of aryl methyl sites for hydroxylation is 1. The molecule has 2 aliphatic heterocycles. The quantitative estimate of drug-likeness (QED) is 0.326. The van der Waals surface area contributed by atoms with E-state index in [0.29, 0.717) is 31.4 Å². The van der Waals surface area contributed by atoms with Gasteiger partial charge in [0.05, 0.1) is 24.0 Å². The number of aliphatic carboxylic acids is 1. The molecule has 0 saturated heterocycles. The molecule has 2 aromatic rings. The summed E-state index contributed by atoms with van der Waals surface area (Å²) in [6.07, 6.45) is 4.24. The van der Waals surface area contributed by atoms with E-state index in [0.717, 1.165) is 23.2 Å². The summed E-state index contributed by atoms with van der Waals surface area (Å²) in [5, 5.41) is 25.6. The zero-order chi connectivity index (χ0) is 29.9. The molecular formula is C30H42N6O5. The van der Waals surface area contributed by atoms with E-state index in [1.165, 1.54) is 11.1 Å². The van der Waals surface area contributed by atoms with Crippen molar-refractivity contribution in [3.8, 4) is 0 Å². The minimum absolute atomic E-state index is 0.0549. The standard InChI is InChI=1S/C30H42N6O5/c1-6-17(2)22(15-30(3,4)5)27(39)33-23-11-10-18-8-7-9-19-12-24(36(26(18)19)29(23)41)28(40)32-20(14-25(37)38)13-21-16-31-35-34-21/h7-9,16-17,20,22-24H,6,10-15H2,1-5H3,(H,32,40)(H,33,39)(H,37,38)(H,31,34,35)/t17-,20+,22-,23?,24-/m0/s1. The highest BCUT2D eigenvalue weighted by atomic mass is 16.4. The van der Waals surface area contributed by atoms with E-state index in [2.05, 4.69) is 60.7 Å². The SMILES string of the molecule is CC[C@H](C)[C@H](CC(C)(C)C)C(=O)NC1CCc2cccc3c2N(C1=O)[C@H](C(=O)N[C@@H](CC(=O)O)Cc1cn[nH]n1)C3. The highest BCUT2D eigenvalue weighted by molar-refractivity contribution is 6.08. The van der Waals surface area contributed by atoms with Gasteiger partial charge >= 0.3 is 5.97 Å². The van der Waals surface area contributed by atoms with Crippen molar-refractivity contribution in [2.45, 2.75) is 97.7 Å². The second kappa shape index (κ2) is 12.4. The summed E-state index contributed by atoms with van der Waals surface area (Å²) >= 11 is 0. The molecule has 5 atom stereocenters. The van der Waals surface area contributed by atoms with Crippen molar-refractivity contribution >= 4 is 29.4 Å². The van der Waals surface area contributed by atoms with Gasteiger partial charge in [-0.3, -0.25) is 24.1 Å². The molecule has 2 aliphatic rings. The lowest BCUT2D eigenvalue weighted by molar-refractivity contribution is -0.138. The molecule has 41 heavy (non-hydrogen) atoms. The van der Waals surface area contributed by atoms with Crippen LogP contribution in [0, 0.1) is 17.3 Å². The largest absolute Gasteiger partial charge is 0.481 e. The first kappa shape index (κ1) is 30.2. The van der Waals surface area contributed by atoms with Gasteiger partial charge in [0, 0.05) is 24.8 Å². The van der Waals surface area contributed by atoms with Crippen LogP contribution in [0.3, 0.4) is 0 Å². The van der Waals surface area contributed by atoms with E-state index >= 15 is 0 Å². The monoisotopic (exact) mass is 566 g/mol. The van der Waals surface area contributed by atoms with Crippen LogP contribution in [0.4, 0.5) is 5.69 Å². The Hall–Kier alpha value is -3.76. The highest BCUT2D eigenvalue weighted by Crippen LogP contribution is 2.39. The first-order valence-corrected chi connectivity index (χ1v) is 14.5. The minimum Gasteiger partial charge on any atom is -0.481 e. The molecule has 4 N–H and O–H groups in total. The van der Waals surface area contributed by atoms with Crippen molar-refractivity contribution < 1.29 is 24.3 Å². The number of amides is 3. The highest BCUT2D eigenvalue weighted by Gasteiger charge is 2.45. The molecule has 3 amide bonds. The molecule has 11 nitrogen and oxygen atoms in total. The summed E-state index contributed by atoms with van der Waals surface area (Å²) in [6.45, 7) is 10.5. The number of nitrogens with zero attached hydrogens (tertiary/aromatic N) is 3. The summed E-state index contributed by atoms with van der Waals surface area (Å²) in [7, 11) is 0. The van der Waals surface area contributed by atoms with Crippen LogP contribution in [-0.2, 0) is 38.4 Å². The zero-order valence-corrected chi connectivity index (χ0v) is 24.6. The van der Waals surface area contributed by atoms with E-state index < -0.39 is 30.0 Å². The van der Waals surface area contributed by atoms with Gasteiger partial charge in [0.1, 0.15) is 12.1 Å². The Balaban J connectivity index is 1.58. The maximum absolute atomic E-state index is 14.1. The Bertz CT molecular complexity index is 1270. The molecule has 4 rings (SSSR count). The summed E-state index contributed by atoms with van der Waals surface area (Å²) in [5.41, 5.74) is 3.04. The van der Waals surface area contributed by atoms with Crippen molar-refractivity contribution in [3.05, 3.63) is 41.2 Å². The van der Waals surface area contributed by atoms with Crippen LogP contribution in [0.1, 0.15) is 77.1 Å². The summed E-state index contributed by atoms with van der Waals surface area (Å²) in [6, 6.07) is 3.44. The number of aromatic nitrogens is 3. The van der Waals surface area contributed by atoms with Crippen molar-refractivity contribution in [1.29, 1.82) is 0 Å². The lowest BCUT2D eigenvalue weighted by atomic mass is 9.77. The van der Waals surface area contributed by atoms with Crippen LogP contribution in [0.15, 0.2) is 24.4 Å². The number of H-pyrrole nitrogens is 1. The van der Waals surface area contributed by atoms with Gasteiger partial charge in [0.15, 0.2) is 0 Å². The van der Waals surface area contributed by atoms with Gasteiger partial charge in [0.2, 0.25) is 17.7 Å². The van der Waals surface area contributed by atoms with Crippen LogP contribution in [-0.4, -0.2) is 62.3 Å². The molecule has 0 bridgehead atoms. The molecule has 1 aromatic carbocycles. The van der Waals surface area contributed by atoms with Gasteiger partial charge in [-0.25, -0.2) is 0 Å². The average Bonchev–Trinajstić information content (AvgIpc) is 3.52. The number of aromatic amines is 1. The molecule has 0 spiro atoms. The Kier molecular flexibility index (Phi) is 9.14. The van der Waals surface area contributed by atoms with Crippen LogP contribution in [0.25, 0.3) is 0 Å². The number of nitrogens with one attached hydrogen (secondary N) is 3. The predicted molar refractivity (Wildman–Crippen MR) is 153 cm³/mol. The molecule has 0 fully saturated rings. The van der Waals surface area contributed by atoms with Crippen molar-refractivity contribution in [2.75, 3.05) is 4.90 Å². The molecular weight excluding hydrogens is 524 g/mol. The zero-order valence-electron chi connectivity index (χ0n) is 24.6. The second-order valence-electron chi connectivity index (χ2n) is 12.7. The van der Waals surface area contributed by atoms with Crippen LogP contribution in [0.5, 0.6) is 0 Å². The number of hydrogen-bond acceptors (Lipinski definition) is 6. The fraction of sp³-hybridized carbons (Fsp3) is 0.600. The lowest BCUT2D eigenvalue weighted by Gasteiger charge is -2.32. The molecule has 1 unspecified atom stereocenters. The molecule has 3 heterocycles. The minimum atomic E-state index is -1.06. The fourth-order valence-corrected chi connectivity index (χ4v) is 6.01. The van der Waals surface area contributed by atoms with Gasteiger partial charge in [-0.15, -0.1) is 0 Å². The molecule has 0 aliphatic carbocycles. The number of carboxylic acids is 1. The van der Waals surface area contributed by atoms with Gasteiger partial charge < -0.3 is 15.7 Å². The van der Waals surface area contributed by atoms with Crippen molar-refractivity contribution in [3.63, 3.8) is 0 Å². The van der Waals surface area contributed by atoms with Gasteiger partial charge in [-0.05, 0) is 41.7 Å². The second-order valence-corrected chi connectivity index (χ2v) is 12.7.